The number of hydrogen-bond donors (Lipinski definition) is 1. The van der Waals surface area contributed by atoms with Crippen LogP contribution in [0.5, 0.6) is 5.75 Å². The molecule has 0 saturated heterocycles. The number of halogens is 1. The van der Waals surface area contributed by atoms with Gasteiger partial charge in [-0.1, -0.05) is 11.6 Å². The first-order chi connectivity index (χ1) is 11.4. The van der Waals surface area contributed by atoms with E-state index in [1.165, 1.54) is 19.1 Å². The second-order valence-electron chi connectivity index (χ2n) is 5.14. The zero-order chi connectivity index (χ0) is 17.7. The van der Waals surface area contributed by atoms with E-state index >= 15 is 0 Å². The van der Waals surface area contributed by atoms with E-state index in [-0.39, 0.29) is 16.7 Å². The molecule has 122 valence electrons. The van der Waals surface area contributed by atoms with Gasteiger partial charge in [0.2, 0.25) is 0 Å². The number of rotatable bonds is 5. The fraction of sp³-hybridized carbons (Fsp3) is 0.167. The van der Waals surface area contributed by atoms with Gasteiger partial charge in [-0.25, -0.2) is 0 Å². The minimum Gasteiger partial charge on any atom is -0.481 e. The fourth-order valence-corrected chi connectivity index (χ4v) is 2.18. The molecule has 1 atom stereocenters. The zero-order valence-electron chi connectivity index (χ0n) is 13.2. The van der Waals surface area contributed by atoms with Crippen LogP contribution in [0.3, 0.4) is 0 Å². The van der Waals surface area contributed by atoms with Crippen molar-refractivity contribution in [3.8, 4) is 11.8 Å². The first kappa shape index (κ1) is 17.5. The van der Waals surface area contributed by atoms with E-state index in [0.29, 0.717) is 22.6 Å². The lowest BCUT2D eigenvalue weighted by Gasteiger charge is -2.15. The molecule has 0 aliphatic heterocycles. The average molecular weight is 343 g/mol. The standard InChI is InChI=1S/C18H15ClN2O3/c1-11(22)13-4-7-16(8-5-13)24-12(2)18(23)21-15-6-3-14(10-20)17(19)9-15/h3-9,12H,1-2H3,(H,21,23)/t12-/m0/s1. The van der Waals surface area contributed by atoms with Gasteiger partial charge in [0, 0.05) is 11.3 Å². The van der Waals surface area contributed by atoms with E-state index in [9.17, 15) is 9.59 Å². The minimum atomic E-state index is -0.748. The Balaban J connectivity index is 2.00. The van der Waals surface area contributed by atoms with Gasteiger partial charge < -0.3 is 10.1 Å². The number of hydrogen-bond acceptors (Lipinski definition) is 4. The number of Topliss-reactive ketones (excluding diaryl/α,β-unsaturated/α-hetero) is 1. The van der Waals surface area contributed by atoms with Crippen molar-refractivity contribution in [2.45, 2.75) is 20.0 Å². The summed E-state index contributed by atoms with van der Waals surface area (Å²) >= 11 is 5.93. The first-order valence-corrected chi connectivity index (χ1v) is 7.56. The summed E-state index contributed by atoms with van der Waals surface area (Å²) in [6.07, 6.45) is -0.748. The van der Waals surface area contributed by atoms with Gasteiger partial charge in [0.1, 0.15) is 11.8 Å². The third-order valence-corrected chi connectivity index (χ3v) is 3.61. The monoisotopic (exact) mass is 342 g/mol. The molecule has 0 unspecified atom stereocenters. The van der Waals surface area contributed by atoms with E-state index in [1.54, 1.807) is 37.3 Å². The van der Waals surface area contributed by atoms with E-state index in [4.69, 9.17) is 21.6 Å². The van der Waals surface area contributed by atoms with Crippen molar-refractivity contribution in [1.29, 1.82) is 5.26 Å². The quantitative estimate of drug-likeness (QED) is 0.838. The molecule has 0 spiro atoms. The Bertz CT molecular complexity index is 810. The molecule has 0 aliphatic carbocycles. The molecule has 2 rings (SSSR count). The maximum Gasteiger partial charge on any atom is 0.265 e. The van der Waals surface area contributed by atoms with E-state index in [1.807, 2.05) is 6.07 Å². The molecule has 1 N–H and O–H groups in total. The first-order valence-electron chi connectivity index (χ1n) is 7.19. The number of ketones is 1. The highest BCUT2D eigenvalue weighted by atomic mass is 35.5. The molecule has 0 fully saturated rings. The maximum absolute atomic E-state index is 12.2. The summed E-state index contributed by atoms with van der Waals surface area (Å²) in [6.45, 7) is 3.09. The van der Waals surface area contributed by atoms with Gasteiger partial charge in [-0.2, -0.15) is 5.26 Å². The third kappa shape index (κ3) is 4.34. The van der Waals surface area contributed by atoms with Crippen molar-refractivity contribution in [3.05, 3.63) is 58.6 Å². The van der Waals surface area contributed by atoms with Gasteiger partial charge in [0.25, 0.3) is 5.91 Å². The Morgan fingerprint density at radius 2 is 1.88 bits per heavy atom. The molecule has 2 aromatic rings. The molecule has 2 aromatic carbocycles. The van der Waals surface area contributed by atoms with Gasteiger partial charge in [-0.05, 0) is 56.3 Å². The summed E-state index contributed by atoms with van der Waals surface area (Å²) < 4.78 is 5.55. The molecular formula is C18H15ClN2O3. The molecule has 1 amide bonds. The summed E-state index contributed by atoms with van der Waals surface area (Å²) in [7, 11) is 0. The Morgan fingerprint density at radius 1 is 1.21 bits per heavy atom. The number of nitrogens with one attached hydrogen (secondary N) is 1. The zero-order valence-corrected chi connectivity index (χ0v) is 13.9. The Morgan fingerprint density at radius 3 is 2.42 bits per heavy atom. The number of nitrogens with zero attached hydrogens (tertiary/aromatic N) is 1. The lowest BCUT2D eigenvalue weighted by atomic mass is 10.1. The number of amides is 1. The summed E-state index contributed by atoms with van der Waals surface area (Å²) in [6, 6.07) is 13.1. The van der Waals surface area contributed by atoms with E-state index < -0.39 is 6.10 Å². The van der Waals surface area contributed by atoms with Crippen LogP contribution in [-0.4, -0.2) is 17.8 Å². The minimum absolute atomic E-state index is 0.0370. The van der Waals surface area contributed by atoms with Crippen LogP contribution in [0.15, 0.2) is 42.5 Å². The van der Waals surface area contributed by atoms with Crippen LogP contribution in [0.4, 0.5) is 5.69 Å². The lowest BCUT2D eigenvalue weighted by Crippen LogP contribution is -2.30. The van der Waals surface area contributed by atoms with Gasteiger partial charge in [-0.15, -0.1) is 0 Å². The Labute approximate surface area is 144 Å². The Kier molecular flexibility index (Phi) is 5.56. The third-order valence-electron chi connectivity index (χ3n) is 3.30. The van der Waals surface area contributed by atoms with Crippen LogP contribution in [0, 0.1) is 11.3 Å². The van der Waals surface area contributed by atoms with E-state index in [2.05, 4.69) is 5.32 Å². The SMILES string of the molecule is CC(=O)c1ccc(O[C@@H](C)C(=O)Nc2ccc(C#N)c(Cl)c2)cc1. The number of carbonyl (C=O) groups excluding carboxylic acids is 2. The smallest absolute Gasteiger partial charge is 0.265 e. The van der Waals surface area contributed by atoms with Crippen LogP contribution >= 0.6 is 11.6 Å². The van der Waals surface area contributed by atoms with Gasteiger partial charge in [0.15, 0.2) is 11.9 Å². The second kappa shape index (κ2) is 7.62. The van der Waals surface area contributed by atoms with Gasteiger partial charge >= 0.3 is 0 Å². The van der Waals surface area contributed by atoms with Crippen LogP contribution in [-0.2, 0) is 4.79 Å². The molecule has 0 heterocycles. The van der Waals surface area contributed by atoms with Crippen molar-refractivity contribution >= 4 is 29.0 Å². The highest BCUT2D eigenvalue weighted by molar-refractivity contribution is 6.32. The topological polar surface area (TPSA) is 79.2 Å². The molecular weight excluding hydrogens is 328 g/mol. The van der Waals surface area contributed by atoms with Crippen LogP contribution in [0.1, 0.15) is 29.8 Å². The predicted molar refractivity (Wildman–Crippen MR) is 91.3 cm³/mol. The van der Waals surface area contributed by atoms with Crippen LogP contribution < -0.4 is 10.1 Å². The molecule has 24 heavy (non-hydrogen) atoms. The highest BCUT2D eigenvalue weighted by Crippen LogP contribution is 2.21. The van der Waals surface area contributed by atoms with Crippen molar-refractivity contribution in [2.75, 3.05) is 5.32 Å². The summed E-state index contributed by atoms with van der Waals surface area (Å²) in [4.78, 5) is 23.4. The van der Waals surface area contributed by atoms with Gasteiger partial charge in [0.05, 0.1) is 10.6 Å². The molecule has 0 aromatic heterocycles. The van der Waals surface area contributed by atoms with Crippen LogP contribution in [0.25, 0.3) is 0 Å². The molecule has 0 bridgehead atoms. The summed E-state index contributed by atoms with van der Waals surface area (Å²) in [5.41, 5.74) is 1.39. The lowest BCUT2D eigenvalue weighted by molar-refractivity contribution is -0.122. The molecule has 0 saturated carbocycles. The van der Waals surface area contributed by atoms with Crippen molar-refractivity contribution in [1.82, 2.24) is 0 Å². The molecule has 0 aliphatic rings. The molecule has 6 heteroatoms. The normalized spacial score (nSPS) is 11.2. The fourth-order valence-electron chi connectivity index (χ4n) is 1.95. The van der Waals surface area contributed by atoms with Crippen LogP contribution in [0.2, 0.25) is 5.02 Å². The maximum atomic E-state index is 12.2. The number of benzene rings is 2. The summed E-state index contributed by atoms with van der Waals surface area (Å²) in [5, 5.41) is 11.8. The Hall–Kier alpha value is -2.84. The molecule has 5 nitrogen and oxygen atoms in total. The van der Waals surface area contributed by atoms with Gasteiger partial charge in [-0.3, -0.25) is 9.59 Å². The average Bonchev–Trinajstić information content (AvgIpc) is 2.55. The van der Waals surface area contributed by atoms with Crippen molar-refractivity contribution in [3.63, 3.8) is 0 Å². The largest absolute Gasteiger partial charge is 0.481 e. The number of ether oxygens (including phenoxy) is 1. The molecule has 0 radical (unpaired) electrons. The summed E-state index contributed by atoms with van der Waals surface area (Å²) in [5.74, 6) is 0.0944. The number of nitriles is 1. The predicted octanol–water partition coefficient (Wildman–Crippen LogP) is 3.82. The highest BCUT2D eigenvalue weighted by Gasteiger charge is 2.15. The number of carbonyl (C=O) groups is 2. The van der Waals surface area contributed by atoms with Crippen molar-refractivity contribution in [2.24, 2.45) is 0 Å². The van der Waals surface area contributed by atoms with E-state index in [0.717, 1.165) is 0 Å². The number of anilines is 1. The van der Waals surface area contributed by atoms with Crippen molar-refractivity contribution < 1.29 is 14.3 Å². The second-order valence-corrected chi connectivity index (χ2v) is 5.54.